The number of benzene rings is 2. The summed E-state index contributed by atoms with van der Waals surface area (Å²) in [6, 6.07) is 13.4. The standard InChI is InChI=1S/C27H33FO2/c1-3-15-30-24-11-7-19(8-12-24)26-14-10-23(18-27(26)28)20-5-6-22-17-25(29-4-2)13-9-21(22)16-20/h3,7-8,10-12,14,18,20-22,25H,1,4-6,9,13,15-17H2,2H3. The highest BCUT2D eigenvalue weighted by Crippen LogP contribution is 2.47. The van der Waals surface area contributed by atoms with Crippen LogP contribution in [-0.4, -0.2) is 19.3 Å². The van der Waals surface area contributed by atoms with Crippen molar-refractivity contribution in [3.8, 4) is 16.9 Å². The maximum absolute atomic E-state index is 15.0. The number of rotatable bonds is 7. The smallest absolute Gasteiger partial charge is 0.131 e. The van der Waals surface area contributed by atoms with Gasteiger partial charge in [0.15, 0.2) is 0 Å². The Bertz CT molecular complexity index is 844. The Labute approximate surface area is 180 Å². The zero-order valence-electron chi connectivity index (χ0n) is 18.0. The van der Waals surface area contributed by atoms with Gasteiger partial charge in [-0.05, 0) is 92.5 Å². The molecule has 0 amide bonds. The SMILES string of the molecule is C=CCOc1ccc(-c2ccc(C3CCC4CC(OCC)CCC4C3)cc2F)cc1. The molecule has 0 radical (unpaired) electrons. The molecule has 30 heavy (non-hydrogen) atoms. The fourth-order valence-corrected chi connectivity index (χ4v) is 5.44. The van der Waals surface area contributed by atoms with Crippen molar-refractivity contribution in [1.29, 1.82) is 0 Å². The molecule has 0 aromatic heterocycles. The average molecular weight is 409 g/mol. The predicted molar refractivity (Wildman–Crippen MR) is 120 cm³/mol. The highest BCUT2D eigenvalue weighted by molar-refractivity contribution is 5.65. The number of fused-ring (bicyclic) bond motifs is 1. The molecule has 0 bridgehead atoms. The van der Waals surface area contributed by atoms with Gasteiger partial charge in [0.25, 0.3) is 0 Å². The lowest BCUT2D eigenvalue weighted by molar-refractivity contribution is -0.00956. The van der Waals surface area contributed by atoms with Crippen LogP contribution in [0, 0.1) is 17.7 Å². The lowest BCUT2D eigenvalue weighted by Crippen LogP contribution is -2.33. The van der Waals surface area contributed by atoms with Gasteiger partial charge in [0.05, 0.1) is 6.10 Å². The van der Waals surface area contributed by atoms with Gasteiger partial charge in [-0.2, -0.15) is 0 Å². The monoisotopic (exact) mass is 408 g/mol. The molecule has 4 atom stereocenters. The Morgan fingerprint density at radius 1 is 1.00 bits per heavy atom. The normalized spacial score (nSPS) is 26.1. The van der Waals surface area contributed by atoms with E-state index in [1.165, 1.54) is 32.1 Å². The van der Waals surface area contributed by atoms with Crippen molar-refractivity contribution in [3.63, 3.8) is 0 Å². The highest BCUT2D eigenvalue weighted by atomic mass is 19.1. The van der Waals surface area contributed by atoms with Gasteiger partial charge in [0.1, 0.15) is 18.2 Å². The molecule has 4 unspecified atom stereocenters. The van der Waals surface area contributed by atoms with Crippen molar-refractivity contribution in [3.05, 3.63) is 66.5 Å². The van der Waals surface area contributed by atoms with E-state index in [1.54, 1.807) is 12.1 Å². The van der Waals surface area contributed by atoms with Gasteiger partial charge in [0, 0.05) is 12.2 Å². The molecule has 2 aromatic rings. The summed E-state index contributed by atoms with van der Waals surface area (Å²) in [5.41, 5.74) is 2.69. The highest BCUT2D eigenvalue weighted by Gasteiger charge is 2.36. The average Bonchev–Trinajstić information content (AvgIpc) is 2.78. The first kappa shape index (κ1) is 21.1. The first-order valence-corrected chi connectivity index (χ1v) is 11.4. The summed E-state index contributed by atoms with van der Waals surface area (Å²) < 4.78 is 26.4. The second kappa shape index (κ2) is 9.78. The van der Waals surface area contributed by atoms with Crippen LogP contribution in [0.15, 0.2) is 55.1 Å². The Morgan fingerprint density at radius 2 is 1.77 bits per heavy atom. The predicted octanol–water partition coefficient (Wildman–Crippen LogP) is 7.15. The van der Waals surface area contributed by atoms with Crippen LogP contribution in [0.25, 0.3) is 11.1 Å². The van der Waals surface area contributed by atoms with E-state index in [9.17, 15) is 0 Å². The summed E-state index contributed by atoms with van der Waals surface area (Å²) in [6.45, 7) is 7.03. The Balaban J connectivity index is 1.42. The lowest BCUT2D eigenvalue weighted by Gasteiger charge is -2.42. The van der Waals surface area contributed by atoms with Crippen LogP contribution in [0.2, 0.25) is 0 Å². The molecular weight excluding hydrogens is 375 g/mol. The zero-order valence-corrected chi connectivity index (χ0v) is 18.0. The molecule has 160 valence electrons. The zero-order chi connectivity index (χ0) is 20.9. The van der Waals surface area contributed by atoms with Crippen molar-refractivity contribution in [1.82, 2.24) is 0 Å². The minimum atomic E-state index is -0.130. The van der Waals surface area contributed by atoms with E-state index in [-0.39, 0.29) is 5.82 Å². The summed E-state index contributed by atoms with van der Waals surface area (Å²) in [6.07, 6.45) is 9.42. The van der Waals surface area contributed by atoms with Gasteiger partial charge in [-0.3, -0.25) is 0 Å². The molecule has 2 nitrogen and oxygen atoms in total. The van der Waals surface area contributed by atoms with Crippen LogP contribution in [0.3, 0.4) is 0 Å². The molecule has 3 heteroatoms. The summed E-state index contributed by atoms with van der Waals surface area (Å²) in [4.78, 5) is 0. The Morgan fingerprint density at radius 3 is 2.50 bits per heavy atom. The molecule has 0 heterocycles. The maximum Gasteiger partial charge on any atom is 0.131 e. The minimum Gasteiger partial charge on any atom is -0.490 e. The summed E-state index contributed by atoms with van der Waals surface area (Å²) in [7, 11) is 0. The Kier molecular flexibility index (Phi) is 6.89. The second-order valence-electron chi connectivity index (χ2n) is 8.78. The molecule has 0 N–H and O–H groups in total. The fraction of sp³-hybridized carbons (Fsp3) is 0.481. The minimum absolute atomic E-state index is 0.130. The van der Waals surface area contributed by atoms with Gasteiger partial charge in [-0.15, -0.1) is 0 Å². The summed E-state index contributed by atoms with van der Waals surface area (Å²) in [5, 5.41) is 0. The molecule has 2 fully saturated rings. The lowest BCUT2D eigenvalue weighted by atomic mass is 9.65. The van der Waals surface area contributed by atoms with E-state index < -0.39 is 0 Å². The summed E-state index contributed by atoms with van der Waals surface area (Å²) >= 11 is 0. The van der Waals surface area contributed by atoms with Gasteiger partial charge in [0.2, 0.25) is 0 Å². The van der Waals surface area contributed by atoms with Crippen LogP contribution >= 0.6 is 0 Å². The van der Waals surface area contributed by atoms with Crippen LogP contribution in [0.4, 0.5) is 4.39 Å². The third kappa shape index (κ3) is 4.78. The van der Waals surface area contributed by atoms with Crippen LogP contribution < -0.4 is 4.74 Å². The Hall–Kier alpha value is -2.13. The molecular formula is C27H33FO2. The molecule has 0 saturated heterocycles. The number of halogens is 1. The molecule has 2 aliphatic rings. The van der Waals surface area contributed by atoms with Crippen LogP contribution in [-0.2, 0) is 4.74 Å². The van der Waals surface area contributed by atoms with E-state index in [2.05, 4.69) is 19.6 Å². The maximum atomic E-state index is 15.0. The fourth-order valence-electron chi connectivity index (χ4n) is 5.44. The van der Waals surface area contributed by atoms with Crippen molar-refractivity contribution >= 4 is 0 Å². The largest absolute Gasteiger partial charge is 0.490 e. The number of hydrogen-bond donors (Lipinski definition) is 0. The summed E-state index contributed by atoms with van der Waals surface area (Å²) in [5.74, 6) is 2.68. The van der Waals surface area contributed by atoms with E-state index >= 15 is 4.39 Å². The molecule has 0 spiro atoms. The molecule has 2 aliphatic carbocycles. The van der Waals surface area contributed by atoms with E-state index in [4.69, 9.17) is 9.47 Å². The number of hydrogen-bond acceptors (Lipinski definition) is 2. The first-order chi connectivity index (χ1) is 14.7. The topological polar surface area (TPSA) is 18.5 Å². The van der Waals surface area contributed by atoms with E-state index in [1.807, 2.05) is 30.3 Å². The first-order valence-electron chi connectivity index (χ1n) is 11.4. The second-order valence-corrected chi connectivity index (χ2v) is 8.78. The number of ether oxygens (including phenoxy) is 2. The van der Waals surface area contributed by atoms with E-state index in [0.29, 0.717) is 24.2 Å². The van der Waals surface area contributed by atoms with Crippen molar-refractivity contribution in [2.45, 2.75) is 57.5 Å². The third-order valence-electron chi connectivity index (χ3n) is 6.97. The van der Waals surface area contributed by atoms with Crippen molar-refractivity contribution in [2.75, 3.05) is 13.2 Å². The van der Waals surface area contributed by atoms with Gasteiger partial charge in [-0.1, -0.05) is 36.9 Å². The van der Waals surface area contributed by atoms with Crippen molar-refractivity contribution < 1.29 is 13.9 Å². The third-order valence-corrected chi connectivity index (χ3v) is 6.97. The molecule has 0 aliphatic heterocycles. The van der Waals surface area contributed by atoms with Crippen LogP contribution in [0.5, 0.6) is 5.75 Å². The van der Waals surface area contributed by atoms with Gasteiger partial charge in [-0.25, -0.2) is 4.39 Å². The molecule has 4 rings (SSSR count). The van der Waals surface area contributed by atoms with Gasteiger partial charge >= 0.3 is 0 Å². The molecule has 2 aromatic carbocycles. The molecule has 2 saturated carbocycles. The van der Waals surface area contributed by atoms with Gasteiger partial charge < -0.3 is 9.47 Å². The quantitative estimate of drug-likeness (QED) is 0.453. The van der Waals surface area contributed by atoms with E-state index in [0.717, 1.165) is 41.7 Å². The van der Waals surface area contributed by atoms with Crippen LogP contribution in [0.1, 0.15) is 56.9 Å². The van der Waals surface area contributed by atoms with Crippen molar-refractivity contribution in [2.24, 2.45) is 11.8 Å².